The molecule has 0 heterocycles. The van der Waals surface area contributed by atoms with Crippen molar-refractivity contribution in [2.75, 3.05) is 39.4 Å². The van der Waals surface area contributed by atoms with Crippen LogP contribution in [0.2, 0.25) is 0 Å². The molecule has 4 heteroatoms. The van der Waals surface area contributed by atoms with Crippen LogP contribution < -0.4 is 0 Å². The number of carbonyl (C=O) groups excluding carboxylic acids is 1. The number of likely N-dealkylation sites (N-methyl/N-ethyl adjacent to an activating group) is 1. The van der Waals surface area contributed by atoms with Crippen molar-refractivity contribution in [1.82, 2.24) is 0 Å². The fourth-order valence-corrected chi connectivity index (χ4v) is 1.58. The summed E-state index contributed by atoms with van der Waals surface area (Å²) in [7, 11) is 0. The van der Waals surface area contributed by atoms with Crippen LogP contribution in [0.3, 0.4) is 0 Å². The summed E-state index contributed by atoms with van der Waals surface area (Å²) in [5.74, 6) is -0.385. The number of esters is 1. The third kappa shape index (κ3) is 4.95. The van der Waals surface area contributed by atoms with Gasteiger partial charge in [-0.2, -0.15) is 0 Å². The van der Waals surface area contributed by atoms with E-state index in [0.717, 1.165) is 24.1 Å². The minimum atomic E-state index is -0.385. The van der Waals surface area contributed by atoms with Gasteiger partial charge in [-0.25, -0.2) is 4.79 Å². The molecule has 0 aliphatic carbocycles. The van der Waals surface area contributed by atoms with Gasteiger partial charge in [0.2, 0.25) is 0 Å². The lowest BCUT2D eigenvalue weighted by molar-refractivity contribution is -0.925. The highest BCUT2D eigenvalue weighted by atomic mass is 16.5. The molecule has 88 valence electrons. The smallest absolute Gasteiger partial charge is 0.330 e. The molecule has 4 nitrogen and oxygen atoms in total. The van der Waals surface area contributed by atoms with Crippen LogP contribution in [-0.2, 0) is 9.53 Å². The molecule has 0 aromatic carbocycles. The summed E-state index contributed by atoms with van der Waals surface area (Å²) in [6.07, 6.45) is 1.17. The number of aliphatic hydroxyl groups is 1. The van der Waals surface area contributed by atoms with Crippen LogP contribution >= 0.6 is 0 Å². The quantitative estimate of drug-likeness (QED) is 0.366. The summed E-state index contributed by atoms with van der Waals surface area (Å²) in [6.45, 7) is 11.4. The molecule has 0 amide bonds. The Balaban J connectivity index is 4.05. The Morgan fingerprint density at radius 3 is 2.40 bits per heavy atom. The maximum Gasteiger partial charge on any atom is 0.330 e. The average molecular weight is 216 g/mol. The molecule has 0 spiro atoms. The molecule has 0 atom stereocenters. The lowest BCUT2D eigenvalue weighted by Crippen LogP contribution is -2.51. The summed E-state index contributed by atoms with van der Waals surface area (Å²) in [5, 5.41) is 8.98. The van der Waals surface area contributed by atoms with Crippen molar-refractivity contribution in [3.05, 3.63) is 12.7 Å². The van der Waals surface area contributed by atoms with E-state index in [1.807, 2.05) is 0 Å². The number of rotatable bonds is 8. The van der Waals surface area contributed by atoms with Gasteiger partial charge in [0.25, 0.3) is 0 Å². The molecule has 0 aliphatic rings. The van der Waals surface area contributed by atoms with Crippen LogP contribution in [0.25, 0.3) is 0 Å². The molecule has 0 radical (unpaired) electrons. The van der Waals surface area contributed by atoms with Crippen molar-refractivity contribution < 1.29 is 19.1 Å². The Bertz CT molecular complexity index is 200. The highest BCUT2D eigenvalue weighted by Gasteiger charge is 2.22. The molecule has 0 saturated heterocycles. The van der Waals surface area contributed by atoms with E-state index in [0.29, 0.717) is 13.2 Å². The number of nitrogens with zero attached hydrogens (tertiary/aromatic N) is 1. The normalized spacial score (nSPS) is 11.1. The van der Waals surface area contributed by atoms with Gasteiger partial charge in [0.15, 0.2) is 0 Å². The summed E-state index contributed by atoms with van der Waals surface area (Å²) in [6, 6.07) is 0. The fourth-order valence-electron chi connectivity index (χ4n) is 1.58. The van der Waals surface area contributed by atoms with Gasteiger partial charge < -0.3 is 14.3 Å². The van der Waals surface area contributed by atoms with Crippen molar-refractivity contribution >= 4 is 5.97 Å². The van der Waals surface area contributed by atoms with E-state index < -0.39 is 0 Å². The summed E-state index contributed by atoms with van der Waals surface area (Å²) >= 11 is 0. The Hall–Kier alpha value is -0.870. The zero-order valence-electron chi connectivity index (χ0n) is 9.74. The van der Waals surface area contributed by atoms with E-state index >= 15 is 0 Å². The van der Waals surface area contributed by atoms with Crippen molar-refractivity contribution in [2.24, 2.45) is 0 Å². The van der Waals surface area contributed by atoms with Crippen LogP contribution in [0.5, 0.6) is 0 Å². The summed E-state index contributed by atoms with van der Waals surface area (Å²) in [5.41, 5.74) is 0. The van der Waals surface area contributed by atoms with E-state index in [4.69, 9.17) is 9.84 Å². The standard InChI is InChI=1S/C11H22NO3/c1-4-11(14)15-10-8-12(5-2,6-3)7-9-13/h4,13H,1,5-10H2,2-3H3/q+1. The van der Waals surface area contributed by atoms with Gasteiger partial charge in [0.05, 0.1) is 19.7 Å². The molecule has 0 rings (SSSR count). The number of carbonyl (C=O) groups is 1. The van der Waals surface area contributed by atoms with E-state index in [1.54, 1.807) is 0 Å². The van der Waals surface area contributed by atoms with E-state index in [2.05, 4.69) is 20.4 Å². The minimum Gasteiger partial charge on any atom is -0.457 e. The van der Waals surface area contributed by atoms with Crippen LogP contribution in [0.15, 0.2) is 12.7 Å². The second-order valence-electron chi connectivity index (χ2n) is 3.52. The van der Waals surface area contributed by atoms with Crippen molar-refractivity contribution in [1.29, 1.82) is 0 Å². The lowest BCUT2D eigenvalue weighted by Gasteiger charge is -2.35. The van der Waals surface area contributed by atoms with Gasteiger partial charge >= 0.3 is 5.97 Å². The summed E-state index contributed by atoms with van der Waals surface area (Å²) < 4.78 is 5.72. The predicted octanol–water partition coefficient (Wildman–Crippen LogP) is 0.565. The summed E-state index contributed by atoms with van der Waals surface area (Å²) in [4.78, 5) is 10.8. The first kappa shape index (κ1) is 14.1. The largest absolute Gasteiger partial charge is 0.457 e. The van der Waals surface area contributed by atoms with Gasteiger partial charge in [-0.05, 0) is 13.8 Å². The highest BCUT2D eigenvalue weighted by molar-refractivity contribution is 5.81. The SMILES string of the molecule is C=CC(=O)OCC[N+](CC)(CC)CCO. The third-order valence-electron chi connectivity index (χ3n) is 2.89. The number of hydrogen-bond acceptors (Lipinski definition) is 3. The predicted molar refractivity (Wildman–Crippen MR) is 59.3 cm³/mol. The van der Waals surface area contributed by atoms with E-state index in [1.165, 1.54) is 6.08 Å². The Kier molecular flexibility index (Phi) is 6.99. The zero-order valence-corrected chi connectivity index (χ0v) is 9.74. The molecule has 1 N–H and O–H groups in total. The second-order valence-corrected chi connectivity index (χ2v) is 3.52. The van der Waals surface area contributed by atoms with Crippen LogP contribution in [0, 0.1) is 0 Å². The van der Waals surface area contributed by atoms with Crippen LogP contribution in [-0.4, -0.2) is 55.0 Å². The number of quaternary nitrogens is 1. The second kappa shape index (κ2) is 7.43. The maximum atomic E-state index is 10.8. The molecule has 15 heavy (non-hydrogen) atoms. The lowest BCUT2D eigenvalue weighted by atomic mass is 10.3. The Morgan fingerprint density at radius 1 is 1.40 bits per heavy atom. The van der Waals surface area contributed by atoms with Gasteiger partial charge in [0.1, 0.15) is 19.7 Å². The van der Waals surface area contributed by atoms with Crippen LogP contribution in [0.1, 0.15) is 13.8 Å². The van der Waals surface area contributed by atoms with Gasteiger partial charge in [-0.1, -0.05) is 6.58 Å². The molecular formula is C11H22NO3+. The Morgan fingerprint density at radius 2 is 2.00 bits per heavy atom. The molecule has 0 aliphatic heterocycles. The van der Waals surface area contributed by atoms with Gasteiger partial charge in [-0.15, -0.1) is 0 Å². The van der Waals surface area contributed by atoms with Crippen molar-refractivity contribution in [3.8, 4) is 0 Å². The van der Waals surface area contributed by atoms with Crippen molar-refractivity contribution in [2.45, 2.75) is 13.8 Å². The first-order valence-electron chi connectivity index (χ1n) is 5.39. The average Bonchev–Trinajstić information content (AvgIpc) is 2.27. The Labute approximate surface area is 91.7 Å². The number of ether oxygens (including phenoxy) is 1. The number of aliphatic hydroxyl groups excluding tert-OH is 1. The fraction of sp³-hybridized carbons (Fsp3) is 0.727. The molecule has 0 bridgehead atoms. The topological polar surface area (TPSA) is 46.5 Å². The molecular weight excluding hydrogens is 194 g/mol. The maximum absolute atomic E-state index is 10.8. The molecule has 0 aromatic heterocycles. The minimum absolute atomic E-state index is 0.164. The van der Waals surface area contributed by atoms with Crippen LogP contribution in [0.4, 0.5) is 0 Å². The van der Waals surface area contributed by atoms with E-state index in [-0.39, 0.29) is 12.6 Å². The molecule has 0 unspecified atom stereocenters. The van der Waals surface area contributed by atoms with Gasteiger partial charge in [-0.3, -0.25) is 0 Å². The van der Waals surface area contributed by atoms with Gasteiger partial charge in [0, 0.05) is 6.08 Å². The molecule has 0 saturated carbocycles. The monoisotopic (exact) mass is 216 g/mol. The first-order valence-corrected chi connectivity index (χ1v) is 5.39. The zero-order chi connectivity index (χ0) is 11.7. The third-order valence-corrected chi connectivity index (χ3v) is 2.89. The molecule has 0 aromatic rings. The highest BCUT2D eigenvalue weighted by Crippen LogP contribution is 2.05. The number of hydrogen-bond donors (Lipinski definition) is 1. The first-order chi connectivity index (χ1) is 7.14. The molecule has 0 fully saturated rings. The van der Waals surface area contributed by atoms with E-state index in [9.17, 15) is 4.79 Å². The van der Waals surface area contributed by atoms with Crippen molar-refractivity contribution in [3.63, 3.8) is 0 Å².